The quantitative estimate of drug-likeness (QED) is 0.304. The lowest BCUT2D eigenvalue weighted by atomic mass is 9.71. The molecule has 1 N–H and O–H groups in total. The molecule has 0 amide bonds. The molecule has 0 unspecified atom stereocenters. The molecule has 31 heavy (non-hydrogen) atoms. The lowest BCUT2D eigenvalue weighted by molar-refractivity contribution is -0.384. The first-order valence-corrected chi connectivity index (χ1v) is 11.3. The average molecular weight is 415 g/mol. The molecule has 160 valence electrons. The number of fused-ring (bicyclic) bond motifs is 3. The molecule has 1 aliphatic carbocycles. The molecule has 0 aromatic heterocycles. The average Bonchev–Trinajstić information content (AvgIpc) is 3.04. The van der Waals surface area contributed by atoms with Crippen LogP contribution in [0.5, 0.6) is 0 Å². The van der Waals surface area contributed by atoms with Crippen LogP contribution in [0.1, 0.15) is 69.2 Å². The number of hydrogen-bond donors (Lipinski definition) is 1. The van der Waals surface area contributed by atoms with Gasteiger partial charge >= 0.3 is 0 Å². The third-order valence-electron chi connectivity index (χ3n) is 6.59. The molecule has 0 bridgehead atoms. The predicted molar refractivity (Wildman–Crippen MR) is 128 cm³/mol. The van der Waals surface area contributed by atoms with E-state index in [-0.39, 0.29) is 22.1 Å². The van der Waals surface area contributed by atoms with Crippen LogP contribution < -0.4 is 5.32 Å². The van der Waals surface area contributed by atoms with E-state index >= 15 is 0 Å². The van der Waals surface area contributed by atoms with Crippen molar-refractivity contribution in [3.05, 3.63) is 93.5 Å². The summed E-state index contributed by atoms with van der Waals surface area (Å²) in [4.78, 5) is 11.2. The minimum Gasteiger partial charge on any atom is -0.379 e. The maximum Gasteiger partial charge on any atom is 0.269 e. The lowest BCUT2D eigenvalue weighted by Gasteiger charge is -2.32. The Hall–Kier alpha value is -3.14. The van der Waals surface area contributed by atoms with Crippen LogP contribution in [0.15, 0.2) is 66.7 Å². The fourth-order valence-electron chi connectivity index (χ4n) is 5.28. The Bertz CT molecular complexity index is 1090. The van der Waals surface area contributed by atoms with Gasteiger partial charge in [0, 0.05) is 29.3 Å². The smallest absolute Gasteiger partial charge is 0.269 e. The first-order valence-electron chi connectivity index (χ1n) is 11.3. The van der Waals surface area contributed by atoms with Crippen LogP contribution in [0.4, 0.5) is 11.4 Å². The van der Waals surface area contributed by atoms with Crippen molar-refractivity contribution >= 4 is 11.4 Å². The van der Waals surface area contributed by atoms with Crippen LogP contribution in [0.25, 0.3) is 11.1 Å². The number of nitrogens with zero attached hydrogens (tertiary/aromatic N) is 1. The monoisotopic (exact) mass is 414 g/mol. The summed E-state index contributed by atoms with van der Waals surface area (Å²) in [5.74, 6) is 0. The summed E-state index contributed by atoms with van der Waals surface area (Å²) in [7, 11) is 0. The molecule has 0 radical (unpaired) electrons. The SMILES string of the molecule is CCCC1(CCC)c2cc(N[C@@H](C)c3ccccc3)ccc2-c2ccc([N+](=O)[O-])cc21. The highest BCUT2D eigenvalue weighted by atomic mass is 16.6. The zero-order valence-corrected chi connectivity index (χ0v) is 18.5. The Morgan fingerprint density at radius 3 is 2.13 bits per heavy atom. The molecule has 0 saturated heterocycles. The van der Waals surface area contributed by atoms with E-state index in [1.165, 1.54) is 16.7 Å². The lowest BCUT2D eigenvalue weighted by Crippen LogP contribution is -2.25. The van der Waals surface area contributed by atoms with E-state index in [1.807, 2.05) is 18.2 Å². The van der Waals surface area contributed by atoms with E-state index in [0.29, 0.717) is 0 Å². The summed E-state index contributed by atoms with van der Waals surface area (Å²) in [6.45, 7) is 6.57. The normalized spacial score (nSPS) is 14.5. The maximum absolute atomic E-state index is 11.5. The van der Waals surface area contributed by atoms with Crippen LogP contribution in [-0.4, -0.2) is 4.92 Å². The molecule has 0 aliphatic heterocycles. The number of nitro groups is 1. The molecular weight excluding hydrogens is 384 g/mol. The fraction of sp³-hybridized carbons (Fsp3) is 0.333. The van der Waals surface area contributed by atoms with E-state index in [0.717, 1.165) is 42.5 Å². The van der Waals surface area contributed by atoms with Crippen molar-refractivity contribution in [1.82, 2.24) is 0 Å². The van der Waals surface area contributed by atoms with Gasteiger partial charge in [-0.15, -0.1) is 0 Å². The summed E-state index contributed by atoms with van der Waals surface area (Å²) >= 11 is 0. The van der Waals surface area contributed by atoms with Crippen LogP contribution in [0.2, 0.25) is 0 Å². The van der Waals surface area contributed by atoms with Gasteiger partial charge in [-0.05, 0) is 65.8 Å². The Balaban J connectivity index is 1.80. The van der Waals surface area contributed by atoms with E-state index in [4.69, 9.17) is 0 Å². The van der Waals surface area contributed by atoms with Crippen molar-refractivity contribution < 1.29 is 4.92 Å². The minimum atomic E-state index is -0.277. The minimum absolute atomic E-state index is 0.173. The van der Waals surface area contributed by atoms with Crippen molar-refractivity contribution in [2.75, 3.05) is 5.32 Å². The van der Waals surface area contributed by atoms with Crippen LogP contribution in [0.3, 0.4) is 0 Å². The van der Waals surface area contributed by atoms with Gasteiger partial charge in [-0.2, -0.15) is 0 Å². The summed E-state index contributed by atoms with van der Waals surface area (Å²) in [6, 6.07) is 22.6. The standard InChI is InChI=1S/C27H30N2O2/c1-4-15-27(16-5-2)25-17-21(28-19(3)20-9-7-6-8-10-20)11-13-23(25)24-14-12-22(29(30)31)18-26(24)27/h6-14,17-19,28H,4-5,15-16H2,1-3H3/t19-/m0/s1. The highest BCUT2D eigenvalue weighted by Gasteiger charge is 2.42. The predicted octanol–water partition coefficient (Wildman–Crippen LogP) is 7.63. The van der Waals surface area contributed by atoms with Gasteiger partial charge in [0.15, 0.2) is 0 Å². The first-order chi connectivity index (χ1) is 15.0. The largest absolute Gasteiger partial charge is 0.379 e. The number of non-ortho nitro benzene ring substituents is 1. The van der Waals surface area contributed by atoms with E-state index in [1.54, 1.807) is 6.07 Å². The number of hydrogen-bond acceptors (Lipinski definition) is 3. The zero-order valence-electron chi connectivity index (χ0n) is 18.5. The molecule has 3 aromatic carbocycles. The Kier molecular flexibility index (Phi) is 5.81. The van der Waals surface area contributed by atoms with Crippen molar-refractivity contribution in [2.45, 2.75) is 57.9 Å². The Labute approximate surface area is 184 Å². The second kappa shape index (κ2) is 8.54. The Morgan fingerprint density at radius 2 is 1.52 bits per heavy atom. The van der Waals surface area contributed by atoms with Crippen LogP contribution in [0, 0.1) is 10.1 Å². The number of nitrogens with one attached hydrogen (secondary N) is 1. The molecule has 3 aromatic rings. The maximum atomic E-state index is 11.5. The highest BCUT2D eigenvalue weighted by Crippen LogP contribution is 2.55. The molecule has 0 spiro atoms. The fourth-order valence-corrected chi connectivity index (χ4v) is 5.28. The van der Waals surface area contributed by atoms with E-state index in [9.17, 15) is 10.1 Å². The second-order valence-corrected chi connectivity index (χ2v) is 8.61. The topological polar surface area (TPSA) is 55.2 Å². The molecule has 0 heterocycles. The summed E-state index contributed by atoms with van der Waals surface area (Å²) in [5.41, 5.74) is 7.12. The van der Waals surface area contributed by atoms with Crippen LogP contribution in [-0.2, 0) is 5.41 Å². The zero-order chi connectivity index (χ0) is 22.0. The third kappa shape index (κ3) is 3.71. The molecule has 4 heteroatoms. The second-order valence-electron chi connectivity index (χ2n) is 8.61. The summed E-state index contributed by atoms with van der Waals surface area (Å²) in [6.07, 6.45) is 4.03. The molecule has 1 atom stereocenters. The number of anilines is 1. The molecule has 0 fully saturated rings. The number of nitro benzene ring substituents is 1. The van der Waals surface area contributed by atoms with Gasteiger partial charge in [0.1, 0.15) is 0 Å². The molecule has 4 nitrogen and oxygen atoms in total. The van der Waals surface area contributed by atoms with E-state index in [2.05, 4.69) is 68.6 Å². The van der Waals surface area contributed by atoms with E-state index < -0.39 is 0 Å². The molecule has 4 rings (SSSR count). The Morgan fingerprint density at radius 1 is 0.903 bits per heavy atom. The molecule has 0 saturated carbocycles. The summed E-state index contributed by atoms with van der Waals surface area (Å²) < 4.78 is 0. The van der Waals surface area contributed by atoms with Crippen molar-refractivity contribution in [2.24, 2.45) is 0 Å². The van der Waals surface area contributed by atoms with Crippen molar-refractivity contribution in [1.29, 1.82) is 0 Å². The van der Waals surface area contributed by atoms with Crippen molar-refractivity contribution in [3.8, 4) is 11.1 Å². The van der Waals surface area contributed by atoms with Gasteiger partial charge in [-0.1, -0.05) is 63.1 Å². The van der Waals surface area contributed by atoms with Gasteiger partial charge in [0.25, 0.3) is 5.69 Å². The number of rotatable bonds is 8. The van der Waals surface area contributed by atoms with Gasteiger partial charge < -0.3 is 5.32 Å². The van der Waals surface area contributed by atoms with Gasteiger partial charge in [0.05, 0.1) is 4.92 Å². The van der Waals surface area contributed by atoms with Gasteiger partial charge in [0.2, 0.25) is 0 Å². The molecule has 1 aliphatic rings. The summed E-state index contributed by atoms with van der Waals surface area (Å²) in [5, 5.41) is 15.2. The first kappa shape index (κ1) is 21.1. The number of benzene rings is 3. The van der Waals surface area contributed by atoms with Crippen LogP contribution >= 0.6 is 0 Å². The third-order valence-corrected chi connectivity index (χ3v) is 6.59. The highest BCUT2D eigenvalue weighted by molar-refractivity contribution is 5.83. The molecular formula is C27H30N2O2. The van der Waals surface area contributed by atoms with Gasteiger partial charge in [-0.25, -0.2) is 0 Å². The van der Waals surface area contributed by atoms with Gasteiger partial charge in [-0.3, -0.25) is 10.1 Å². The van der Waals surface area contributed by atoms with Crippen molar-refractivity contribution in [3.63, 3.8) is 0 Å².